The molecule has 0 radical (unpaired) electrons. The molecule has 0 bridgehead atoms. The van der Waals surface area contributed by atoms with Crippen LogP contribution in [0.25, 0.3) is 11.4 Å². The zero-order valence-electron chi connectivity index (χ0n) is 7.18. The molecule has 1 aromatic carbocycles. The molecule has 0 amide bonds. The molecular formula is C9H8N4. The monoisotopic (exact) mass is 172 g/mol. The molecule has 0 aliphatic heterocycles. The van der Waals surface area contributed by atoms with Crippen LogP contribution >= 0.6 is 0 Å². The molecule has 0 aliphatic carbocycles. The van der Waals surface area contributed by atoms with Crippen LogP contribution in [0.15, 0.2) is 30.3 Å². The van der Waals surface area contributed by atoms with E-state index in [-0.39, 0.29) is 0 Å². The van der Waals surface area contributed by atoms with E-state index in [2.05, 4.69) is 20.4 Å². The van der Waals surface area contributed by atoms with Gasteiger partial charge in [0.25, 0.3) is 0 Å². The molecule has 0 saturated carbocycles. The number of hydrogen-bond acceptors (Lipinski definition) is 4. The lowest BCUT2D eigenvalue weighted by atomic mass is 10.2. The lowest BCUT2D eigenvalue weighted by Gasteiger charge is -1.95. The zero-order valence-corrected chi connectivity index (χ0v) is 7.18. The normalized spacial score (nSPS) is 9.92. The Morgan fingerprint density at radius 2 is 1.46 bits per heavy atom. The molecule has 1 heterocycles. The molecule has 2 rings (SSSR count). The van der Waals surface area contributed by atoms with E-state index in [1.807, 2.05) is 30.3 Å². The molecule has 0 N–H and O–H groups in total. The van der Waals surface area contributed by atoms with Crippen LogP contribution in [-0.2, 0) is 0 Å². The van der Waals surface area contributed by atoms with Gasteiger partial charge in [0, 0.05) is 5.56 Å². The standard InChI is InChI=1S/C9H8N4/c1-7-10-12-9(13-11-7)8-5-3-2-4-6-8/h2-6H,1H3. The van der Waals surface area contributed by atoms with Crippen LogP contribution in [-0.4, -0.2) is 20.4 Å². The maximum Gasteiger partial charge on any atom is 0.203 e. The Hall–Kier alpha value is -1.84. The first kappa shape index (κ1) is 7.79. The summed E-state index contributed by atoms with van der Waals surface area (Å²) in [5.74, 6) is 1.14. The fraction of sp³-hybridized carbons (Fsp3) is 0.111. The quantitative estimate of drug-likeness (QED) is 0.649. The highest BCUT2D eigenvalue weighted by Gasteiger charge is 1.99. The third-order valence-electron chi connectivity index (χ3n) is 1.61. The van der Waals surface area contributed by atoms with Crippen LogP contribution in [0.3, 0.4) is 0 Å². The second-order valence-corrected chi connectivity index (χ2v) is 2.64. The Morgan fingerprint density at radius 1 is 0.846 bits per heavy atom. The summed E-state index contributed by atoms with van der Waals surface area (Å²) in [4.78, 5) is 0. The van der Waals surface area contributed by atoms with E-state index in [4.69, 9.17) is 0 Å². The van der Waals surface area contributed by atoms with E-state index in [0.29, 0.717) is 11.6 Å². The highest BCUT2D eigenvalue weighted by atomic mass is 15.3. The Labute approximate surface area is 75.7 Å². The van der Waals surface area contributed by atoms with Crippen molar-refractivity contribution in [3.8, 4) is 11.4 Å². The number of benzene rings is 1. The van der Waals surface area contributed by atoms with Crippen molar-refractivity contribution in [2.75, 3.05) is 0 Å². The summed E-state index contributed by atoms with van der Waals surface area (Å²) in [5.41, 5.74) is 0.933. The van der Waals surface area contributed by atoms with Gasteiger partial charge in [0.2, 0.25) is 5.82 Å². The largest absolute Gasteiger partial charge is 0.203 e. The molecule has 4 nitrogen and oxygen atoms in total. The van der Waals surface area contributed by atoms with Gasteiger partial charge in [-0.2, -0.15) is 0 Å². The maximum atomic E-state index is 3.92. The molecule has 0 saturated heterocycles. The molecule has 0 fully saturated rings. The fourth-order valence-electron chi connectivity index (χ4n) is 0.982. The third kappa shape index (κ3) is 1.66. The van der Waals surface area contributed by atoms with Gasteiger partial charge in [-0.05, 0) is 6.92 Å². The predicted molar refractivity (Wildman–Crippen MR) is 47.8 cm³/mol. The SMILES string of the molecule is Cc1nnc(-c2ccccc2)nn1. The molecule has 0 aliphatic rings. The van der Waals surface area contributed by atoms with Crippen LogP contribution in [0.5, 0.6) is 0 Å². The van der Waals surface area contributed by atoms with Gasteiger partial charge in [-0.15, -0.1) is 20.4 Å². The first-order valence-electron chi connectivity index (χ1n) is 3.96. The van der Waals surface area contributed by atoms with Gasteiger partial charge in [0.15, 0.2) is 5.82 Å². The summed E-state index contributed by atoms with van der Waals surface area (Å²) in [6.07, 6.45) is 0. The van der Waals surface area contributed by atoms with Gasteiger partial charge in [-0.3, -0.25) is 0 Å². The molecule has 13 heavy (non-hydrogen) atoms. The second kappa shape index (κ2) is 3.26. The first-order chi connectivity index (χ1) is 6.36. The van der Waals surface area contributed by atoms with Crippen molar-refractivity contribution in [1.29, 1.82) is 0 Å². The van der Waals surface area contributed by atoms with E-state index in [1.165, 1.54) is 0 Å². The molecule has 0 unspecified atom stereocenters. The van der Waals surface area contributed by atoms with E-state index in [1.54, 1.807) is 6.92 Å². The lowest BCUT2D eigenvalue weighted by Crippen LogP contribution is -1.98. The maximum absolute atomic E-state index is 3.92. The van der Waals surface area contributed by atoms with Gasteiger partial charge < -0.3 is 0 Å². The van der Waals surface area contributed by atoms with Crippen LogP contribution < -0.4 is 0 Å². The highest BCUT2D eigenvalue weighted by molar-refractivity contribution is 5.52. The number of nitrogens with zero attached hydrogens (tertiary/aromatic N) is 4. The van der Waals surface area contributed by atoms with Crippen molar-refractivity contribution in [3.63, 3.8) is 0 Å². The van der Waals surface area contributed by atoms with Gasteiger partial charge >= 0.3 is 0 Å². The topological polar surface area (TPSA) is 51.6 Å². The Balaban J connectivity index is 2.42. The van der Waals surface area contributed by atoms with E-state index >= 15 is 0 Å². The van der Waals surface area contributed by atoms with Crippen molar-refractivity contribution in [2.24, 2.45) is 0 Å². The average Bonchev–Trinajstić information content (AvgIpc) is 2.20. The Kier molecular flexibility index (Phi) is 1.96. The van der Waals surface area contributed by atoms with E-state index in [0.717, 1.165) is 5.56 Å². The van der Waals surface area contributed by atoms with Crippen LogP contribution in [0.4, 0.5) is 0 Å². The number of hydrogen-bond donors (Lipinski definition) is 0. The summed E-state index contributed by atoms with van der Waals surface area (Å²) < 4.78 is 0. The van der Waals surface area contributed by atoms with E-state index in [9.17, 15) is 0 Å². The third-order valence-corrected chi connectivity index (χ3v) is 1.61. The zero-order chi connectivity index (χ0) is 9.10. The fourth-order valence-corrected chi connectivity index (χ4v) is 0.982. The summed E-state index contributed by atoms with van der Waals surface area (Å²) in [5, 5.41) is 15.5. The van der Waals surface area contributed by atoms with Gasteiger partial charge in [-0.1, -0.05) is 30.3 Å². The number of aryl methyl sites for hydroxylation is 1. The average molecular weight is 172 g/mol. The van der Waals surface area contributed by atoms with Gasteiger partial charge in [0.05, 0.1) is 0 Å². The minimum atomic E-state index is 0.561. The summed E-state index contributed by atoms with van der Waals surface area (Å²) in [6.45, 7) is 1.76. The second-order valence-electron chi connectivity index (χ2n) is 2.64. The molecule has 0 atom stereocenters. The van der Waals surface area contributed by atoms with E-state index < -0.39 is 0 Å². The van der Waals surface area contributed by atoms with Gasteiger partial charge in [0.1, 0.15) is 0 Å². The number of rotatable bonds is 1. The highest BCUT2D eigenvalue weighted by Crippen LogP contribution is 2.10. The first-order valence-corrected chi connectivity index (χ1v) is 3.96. The minimum Gasteiger partial charge on any atom is -0.131 e. The minimum absolute atomic E-state index is 0.561. The van der Waals surface area contributed by atoms with Crippen molar-refractivity contribution < 1.29 is 0 Å². The summed E-state index contributed by atoms with van der Waals surface area (Å²) in [6, 6.07) is 9.65. The van der Waals surface area contributed by atoms with Crippen molar-refractivity contribution in [1.82, 2.24) is 20.4 Å². The van der Waals surface area contributed by atoms with Crippen LogP contribution in [0, 0.1) is 6.92 Å². The lowest BCUT2D eigenvalue weighted by molar-refractivity contribution is 0.816. The summed E-state index contributed by atoms with van der Waals surface area (Å²) in [7, 11) is 0. The smallest absolute Gasteiger partial charge is 0.131 e. The predicted octanol–water partition coefficient (Wildman–Crippen LogP) is 1.24. The Bertz CT molecular complexity index is 382. The van der Waals surface area contributed by atoms with Crippen molar-refractivity contribution in [2.45, 2.75) is 6.92 Å². The molecule has 2 aromatic rings. The summed E-state index contributed by atoms with van der Waals surface area (Å²) >= 11 is 0. The molecular weight excluding hydrogens is 164 g/mol. The molecule has 1 aromatic heterocycles. The molecule has 4 heteroatoms. The molecule has 64 valence electrons. The Morgan fingerprint density at radius 3 is 2.08 bits per heavy atom. The van der Waals surface area contributed by atoms with Crippen LogP contribution in [0.2, 0.25) is 0 Å². The molecule has 0 spiro atoms. The van der Waals surface area contributed by atoms with Crippen molar-refractivity contribution >= 4 is 0 Å². The van der Waals surface area contributed by atoms with Gasteiger partial charge in [-0.25, -0.2) is 0 Å². The number of aromatic nitrogens is 4. The van der Waals surface area contributed by atoms with Crippen molar-refractivity contribution in [3.05, 3.63) is 36.2 Å². The van der Waals surface area contributed by atoms with Crippen LogP contribution in [0.1, 0.15) is 5.82 Å².